The zero-order valence-corrected chi connectivity index (χ0v) is 21.8. The molecule has 1 aromatic carbocycles. The van der Waals surface area contributed by atoms with Crippen molar-refractivity contribution < 1.29 is 9.47 Å². The Morgan fingerprint density at radius 1 is 1.20 bits per heavy atom. The fraction of sp³-hybridized carbons (Fsp3) is 0.682. The normalized spacial score (nSPS) is 17.3. The maximum absolute atomic E-state index is 6.52. The van der Waals surface area contributed by atoms with Crippen LogP contribution >= 0.6 is 35.6 Å². The van der Waals surface area contributed by atoms with Crippen LogP contribution in [0, 0.1) is 0 Å². The summed E-state index contributed by atoms with van der Waals surface area (Å²) in [6.45, 7) is 11.9. The summed E-state index contributed by atoms with van der Waals surface area (Å²) >= 11 is 6.52. The quantitative estimate of drug-likeness (QED) is 0.260. The molecule has 2 rings (SSSR count). The zero-order chi connectivity index (χ0) is 21.1. The molecule has 8 heteroatoms. The van der Waals surface area contributed by atoms with E-state index < -0.39 is 0 Å². The average Bonchev–Trinajstić information content (AvgIpc) is 2.76. The van der Waals surface area contributed by atoms with Gasteiger partial charge in [-0.1, -0.05) is 43.6 Å². The van der Waals surface area contributed by atoms with E-state index in [9.17, 15) is 0 Å². The Hall–Kier alpha value is -0.610. The van der Waals surface area contributed by atoms with Gasteiger partial charge in [0.25, 0.3) is 0 Å². The summed E-state index contributed by atoms with van der Waals surface area (Å²) in [6, 6.07) is 8.26. The maximum Gasteiger partial charge on any atom is 0.191 e. The second-order valence-corrected chi connectivity index (χ2v) is 7.74. The summed E-state index contributed by atoms with van der Waals surface area (Å²) < 4.78 is 11.3. The van der Waals surface area contributed by atoms with Crippen LogP contribution in [-0.4, -0.2) is 69.5 Å². The van der Waals surface area contributed by atoms with Gasteiger partial charge >= 0.3 is 0 Å². The van der Waals surface area contributed by atoms with Gasteiger partial charge < -0.3 is 20.1 Å². The number of likely N-dealkylation sites (N-methyl/N-ethyl adjacent to an activating group) is 1. The van der Waals surface area contributed by atoms with Crippen LogP contribution in [0.5, 0.6) is 0 Å². The van der Waals surface area contributed by atoms with Crippen molar-refractivity contribution in [2.45, 2.75) is 45.3 Å². The molecule has 30 heavy (non-hydrogen) atoms. The molecule has 6 nitrogen and oxygen atoms in total. The minimum atomic E-state index is -0.235. The van der Waals surface area contributed by atoms with Gasteiger partial charge in [0.15, 0.2) is 5.96 Å². The summed E-state index contributed by atoms with van der Waals surface area (Å²) in [4.78, 5) is 7.25. The second-order valence-electron chi connectivity index (χ2n) is 7.33. The Bertz CT molecular complexity index is 637. The molecule has 1 unspecified atom stereocenters. The van der Waals surface area contributed by atoms with E-state index in [0.29, 0.717) is 6.54 Å². The predicted octanol–water partition coefficient (Wildman–Crippen LogP) is 4.09. The molecule has 1 aliphatic heterocycles. The van der Waals surface area contributed by atoms with Crippen LogP contribution in [0.3, 0.4) is 0 Å². The first kappa shape index (κ1) is 27.4. The van der Waals surface area contributed by atoms with E-state index in [2.05, 4.69) is 42.4 Å². The van der Waals surface area contributed by atoms with Crippen molar-refractivity contribution in [3.63, 3.8) is 0 Å². The molecule has 0 amide bonds. The molecule has 2 N–H and O–H groups in total. The number of ether oxygens (including phenoxy) is 2. The highest BCUT2D eigenvalue weighted by Crippen LogP contribution is 2.27. The van der Waals surface area contributed by atoms with Gasteiger partial charge in [0, 0.05) is 51.3 Å². The molecule has 0 saturated carbocycles. The Kier molecular flexibility index (Phi) is 13.2. The molecule has 0 radical (unpaired) electrons. The van der Waals surface area contributed by atoms with Gasteiger partial charge in [0.2, 0.25) is 0 Å². The number of rotatable bonds is 10. The number of nitrogens with one attached hydrogen (secondary N) is 2. The topological polar surface area (TPSA) is 58.1 Å². The first-order chi connectivity index (χ1) is 14.1. The average molecular weight is 553 g/mol. The van der Waals surface area contributed by atoms with Gasteiger partial charge in [0.1, 0.15) is 0 Å². The van der Waals surface area contributed by atoms with Crippen molar-refractivity contribution in [2.24, 2.45) is 4.99 Å². The summed E-state index contributed by atoms with van der Waals surface area (Å²) in [5.74, 6) is 0.805. The SMILES string of the molecule is CCNC(=NCC1(OC)CCOCC1)NCC(c1ccccc1Cl)N(CC)CC.I. The Labute approximate surface area is 204 Å². The second kappa shape index (κ2) is 14.5. The molecule has 0 spiro atoms. The van der Waals surface area contributed by atoms with Crippen LogP contribution in [0.15, 0.2) is 29.3 Å². The minimum absolute atomic E-state index is 0. The summed E-state index contributed by atoms with van der Waals surface area (Å²) in [7, 11) is 1.77. The van der Waals surface area contributed by atoms with Crippen LogP contribution < -0.4 is 10.6 Å². The summed E-state index contributed by atoms with van der Waals surface area (Å²) in [6.07, 6.45) is 1.74. The molecular weight excluding hydrogens is 515 g/mol. The number of methoxy groups -OCH3 is 1. The highest BCUT2D eigenvalue weighted by atomic mass is 127. The monoisotopic (exact) mass is 552 g/mol. The van der Waals surface area contributed by atoms with Crippen LogP contribution in [-0.2, 0) is 9.47 Å². The number of guanidine groups is 1. The lowest BCUT2D eigenvalue weighted by molar-refractivity contribution is -0.0828. The molecule has 172 valence electrons. The van der Waals surface area contributed by atoms with Crippen molar-refractivity contribution >= 4 is 41.5 Å². The first-order valence-corrected chi connectivity index (χ1v) is 11.1. The molecule has 1 aromatic rings. The number of aliphatic imine (C=N–C) groups is 1. The van der Waals surface area contributed by atoms with Crippen molar-refractivity contribution in [3.05, 3.63) is 34.9 Å². The van der Waals surface area contributed by atoms with Crippen molar-refractivity contribution in [1.82, 2.24) is 15.5 Å². The standard InChI is InChI=1S/C22H37ClN4O2.HI/c1-5-24-21(26-17-22(28-4)12-14-29-15-13-22)25-16-20(27(6-2)7-3)18-10-8-9-11-19(18)23;/h8-11,20H,5-7,12-17H2,1-4H3,(H2,24,25,26);1H. The Balaban J connectivity index is 0.00000450. The number of nitrogens with zero attached hydrogens (tertiary/aromatic N) is 2. The van der Waals surface area contributed by atoms with Gasteiger partial charge in [-0.3, -0.25) is 9.89 Å². The molecular formula is C22H38ClIN4O2. The van der Waals surface area contributed by atoms with E-state index in [1.807, 2.05) is 18.2 Å². The third-order valence-corrected chi connectivity index (χ3v) is 6.03. The summed E-state index contributed by atoms with van der Waals surface area (Å²) in [5, 5.41) is 7.69. The van der Waals surface area contributed by atoms with E-state index in [0.717, 1.165) is 68.8 Å². The summed E-state index contributed by atoms with van der Waals surface area (Å²) in [5.41, 5.74) is 0.903. The Morgan fingerprint density at radius 3 is 2.43 bits per heavy atom. The third-order valence-electron chi connectivity index (χ3n) is 5.69. The number of hydrogen-bond acceptors (Lipinski definition) is 4. The first-order valence-electron chi connectivity index (χ1n) is 10.7. The van der Waals surface area contributed by atoms with Gasteiger partial charge in [-0.25, -0.2) is 0 Å². The number of hydrogen-bond donors (Lipinski definition) is 2. The van der Waals surface area contributed by atoms with E-state index in [4.69, 9.17) is 26.1 Å². The fourth-order valence-corrected chi connectivity index (χ4v) is 4.04. The fourth-order valence-electron chi connectivity index (χ4n) is 3.77. The van der Waals surface area contributed by atoms with Gasteiger partial charge in [-0.2, -0.15) is 0 Å². The maximum atomic E-state index is 6.52. The zero-order valence-electron chi connectivity index (χ0n) is 18.7. The van der Waals surface area contributed by atoms with E-state index in [1.54, 1.807) is 7.11 Å². The van der Waals surface area contributed by atoms with Crippen LogP contribution in [0.25, 0.3) is 0 Å². The van der Waals surface area contributed by atoms with Crippen molar-refractivity contribution in [2.75, 3.05) is 53.0 Å². The molecule has 1 fully saturated rings. The van der Waals surface area contributed by atoms with Crippen LogP contribution in [0.4, 0.5) is 0 Å². The minimum Gasteiger partial charge on any atom is -0.381 e. The van der Waals surface area contributed by atoms with Gasteiger partial charge in [-0.05, 0) is 31.6 Å². The van der Waals surface area contributed by atoms with Crippen molar-refractivity contribution in [3.8, 4) is 0 Å². The highest BCUT2D eigenvalue weighted by molar-refractivity contribution is 14.0. The van der Waals surface area contributed by atoms with Gasteiger partial charge in [0.05, 0.1) is 18.2 Å². The molecule has 1 saturated heterocycles. The molecule has 0 bridgehead atoms. The van der Waals surface area contributed by atoms with Crippen LogP contribution in [0.1, 0.15) is 45.2 Å². The largest absolute Gasteiger partial charge is 0.381 e. The molecule has 0 aliphatic carbocycles. The van der Waals surface area contributed by atoms with E-state index in [1.165, 1.54) is 0 Å². The molecule has 1 heterocycles. The molecule has 1 atom stereocenters. The lowest BCUT2D eigenvalue weighted by Gasteiger charge is -2.35. The van der Waals surface area contributed by atoms with Crippen LogP contribution in [0.2, 0.25) is 5.02 Å². The number of halogens is 2. The lowest BCUT2D eigenvalue weighted by atomic mass is 9.94. The molecule has 0 aromatic heterocycles. The molecule has 1 aliphatic rings. The Morgan fingerprint density at radius 2 is 1.87 bits per heavy atom. The van der Waals surface area contributed by atoms with E-state index in [-0.39, 0.29) is 35.6 Å². The third kappa shape index (κ3) is 7.82. The smallest absolute Gasteiger partial charge is 0.191 e. The van der Waals surface area contributed by atoms with E-state index >= 15 is 0 Å². The predicted molar refractivity (Wildman–Crippen MR) is 136 cm³/mol. The number of benzene rings is 1. The van der Waals surface area contributed by atoms with Gasteiger partial charge in [-0.15, -0.1) is 24.0 Å². The lowest BCUT2D eigenvalue weighted by Crippen LogP contribution is -2.45. The van der Waals surface area contributed by atoms with Crippen molar-refractivity contribution in [1.29, 1.82) is 0 Å². The highest BCUT2D eigenvalue weighted by Gasteiger charge is 2.32.